The van der Waals surface area contributed by atoms with E-state index in [2.05, 4.69) is 19.5 Å². The van der Waals surface area contributed by atoms with Gasteiger partial charge in [-0.25, -0.2) is 6.57 Å². The molecule has 56 valence electrons. The second-order valence-corrected chi connectivity index (χ2v) is 2.70. The average Bonchev–Trinajstić information content (AvgIpc) is 2.68. The third-order valence-electron chi connectivity index (χ3n) is 1.85. The first-order valence-corrected chi connectivity index (χ1v) is 3.54. The number of rotatable bonds is 2. The summed E-state index contributed by atoms with van der Waals surface area (Å²) in [5.41, 5.74) is 0. The molecular formula is C7H7N3O. The molecule has 0 N–H and O–H groups in total. The summed E-state index contributed by atoms with van der Waals surface area (Å²) in [6.07, 6.45) is 3.53. The lowest BCUT2D eigenvalue weighted by molar-refractivity contribution is 0.405. The van der Waals surface area contributed by atoms with Crippen molar-refractivity contribution in [3.8, 4) is 0 Å². The summed E-state index contributed by atoms with van der Waals surface area (Å²) in [6.45, 7) is 6.91. The lowest BCUT2D eigenvalue weighted by Crippen LogP contribution is -1.97. The predicted octanol–water partition coefficient (Wildman–Crippen LogP) is 1.44. The SMILES string of the molecule is [C-]#[N+]C(c1ncon1)C1CC1. The van der Waals surface area contributed by atoms with Crippen molar-refractivity contribution in [3.05, 3.63) is 23.6 Å². The second kappa shape index (κ2) is 2.35. The lowest BCUT2D eigenvalue weighted by atomic mass is 10.2. The van der Waals surface area contributed by atoms with Gasteiger partial charge < -0.3 is 9.37 Å². The number of hydrogen-bond acceptors (Lipinski definition) is 3. The van der Waals surface area contributed by atoms with Crippen molar-refractivity contribution in [3.63, 3.8) is 0 Å². The van der Waals surface area contributed by atoms with Crippen LogP contribution >= 0.6 is 0 Å². The van der Waals surface area contributed by atoms with Gasteiger partial charge in [0.1, 0.15) is 0 Å². The molecule has 0 aliphatic heterocycles. The molecule has 0 radical (unpaired) electrons. The first kappa shape index (κ1) is 6.35. The van der Waals surface area contributed by atoms with Crippen molar-refractivity contribution in [2.45, 2.75) is 18.9 Å². The Morgan fingerprint density at radius 3 is 3.00 bits per heavy atom. The molecule has 1 atom stereocenters. The van der Waals surface area contributed by atoms with E-state index in [-0.39, 0.29) is 6.04 Å². The quantitative estimate of drug-likeness (QED) is 0.597. The fourth-order valence-corrected chi connectivity index (χ4v) is 1.10. The highest BCUT2D eigenvalue weighted by Crippen LogP contribution is 2.42. The van der Waals surface area contributed by atoms with Gasteiger partial charge in [-0.15, -0.1) is 0 Å². The molecule has 1 unspecified atom stereocenters. The van der Waals surface area contributed by atoms with E-state index < -0.39 is 0 Å². The van der Waals surface area contributed by atoms with Crippen molar-refractivity contribution < 1.29 is 4.52 Å². The van der Waals surface area contributed by atoms with E-state index in [1.807, 2.05) is 0 Å². The van der Waals surface area contributed by atoms with Crippen LogP contribution in [0.4, 0.5) is 0 Å². The van der Waals surface area contributed by atoms with E-state index in [1.54, 1.807) is 0 Å². The molecule has 0 saturated heterocycles. The summed E-state index contributed by atoms with van der Waals surface area (Å²) in [4.78, 5) is 7.31. The van der Waals surface area contributed by atoms with Crippen molar-refractivity contribution in [2.24, 2.45) is 5.92 Å². The maximum Gasteiger partial charge on any atom is 0.288 e. The standard InChI is InChI=1S/C7H7N3O/c1-8-6(5-2-3-5)7-9-4-11-10-7/h4-6H,2-3H2. The summed E-state index contributed by atoms with van der Waals surface area (Å²) in [6, 6.07) is -0.159. The van der Waals surface area contributed by atoms with Crippen LogP contribution in [-0.2, 0) is 0 Å². The summed E-state index contributed by atoms with van der Waals surface area (Å²) in [7, 11) is 0. The number of hydrogen-bond donors (Lipinski definition) is 0. The minimum absolute atomic E-state index is 0.159. The minimum Gasteiger partial charge on any atom is -0.342 e. The maximum absolute atomic E-state index is 6.91. The molecule has 2 rings (SSSR count). The molecule has 1 aliphatic carbocycles. The van der Waals surface area contributed by atoms with Gasteiger partial charge in [-0.1, -0.05) is 5.16 Å². The topological polar surface area (TPSA) is 43.3 Å². The van der Waals surface area contributed by atoms with Gasteiger partial charge >= 0.3 is 0 Å². The molecule has 1 aromatic heterocycles. The molecule has 0 spiro atoms. The molecule has 0 bridgehead atoms. The average molecular weight is 149 g/mol. The predicted molar refractivity (Wildman–Crippen MR) is 36.4 cm³/mol. The molecular weight excluding hydrogens is 142 g/mol. The highest BCUT2D eigenvalue weighted by Gasteiger charge is 2.40. The van der Waals surface area contributed by atoms with E-state index in [4.69, 9.17) is 6.57 Å². The number of nitrogens with zero attached hydrogens (tertiary/aromatic N) is 3. The maximum atomic E-state index is 6.91. The summed E-state index contributed by atoms with van der Waals surface area (Å²) in [5, 5.41) is 3.65. The summed E-state index contributed by atoms with van der Waals surface area (Å²) >= 11 is 0. The van der Waals surface area contributed by atoms with Crippen LogP contribution in [0.3, 0.4) is 0 Å². The van der Waals surface area contributed by atoms with Crippen molar-refractivity contribution >= 4 is 0 Å². The summed E-state index contributed by atoms with van der Waals surface area (Å²) in [5.74, 6) is 1.02. The van der Waals surface area contributed by atoms with Crippen LogP contribution < -0.4 is 0 Å². The largest absolute Gasteiger partial charge is 0.342 e. The zero-order valence-electron chi connectivity index (χ0n) is 5.90. The van der Waals surface area contributed by atoms with Gasteiger partial charge in [0.15, 0.2) is 0 Å². The Kier molecular flexibility index (Phi) is 1.35. The Morgan fingerprint density at radius 1 is 1.73 bits per heavy atom. The second-order valence-electron chi connectivity index (χ2n) is 2.70. The molecule has 4 heteroatoms. The van der Waals surface area contributed by atoms with Crippen LogP contribution in [0.1, 0.15) is 24.7 Å². The minimum atomic E-state index is -0.159. The molecule has 1 aromatic rings. The van der Waals surface area contributed by atoms with Crippen LogP contribution in [0.15, 0.2) is 10.9 Å². The van der Waals surface area contributed by atoms with Gasteiger partial charge in [0.2, 0.25) is 6.39 Å². The van der Waals surface area contributed by atoms with Gasteiger partial charge in [0.05, 0.1) is 0 Å². The highest BCUT2D eigenvalue weighted by molar-refractivity contribution is 5.04. The summed E-state index contributed by atoms with van der Waals surface area (Å²) < 4.78 is 4.57. The van der Waals surface area contributed by atoms with E-state index in [0.717, 1.165) is 12.8 Å². The van der Waals surface area contributed by atoms with Gasteiger partial charge in [-0.3, -0.25) is 0 Å². The first-order valence-electron chi connectivity index (χ1n) is 3.54. The fraction of sp³-hybridized carbons (Fsp3) is 0.571. The van der Waals surface area contributed by atoms with E-state index in [0.29, 0.717) is 11.7 Å². The number of aromatic nitrogens is 2. The molecule has 1 saturated carbocycles. The van der Waals surface area contributed by atoms with E-state index >= 15 is 0 Å². The van der Waals surface area contributed by atoms with Crippen molar-refractivity contribution in [1.29, 1.82) is 0 Å². The third-order valence-corrected chi connectivity index (χ3v) is 1.85. The molecule has 1 aliphatic rings. The van der Waals surface area contributed by atoms with Crippen LogP contribution in [0, 0.1) is 12.5 Å². The van der Waals surface area contributed by atoms with E-state index in [1.165, 1.54) is 6.39 Å². The smallest absolute Gasteiger partial charge is 0.288 e. The van der Waals surface area contributed by atoms with E-state index in [9.17, 15) is 0 Å². The molecule has 4 nitrogen and oxygen atoms in total. The van der Waals surface area contributed by atoms with Gasteiger partial charge in [-0.2, -0.15) is 4.98 Å². The van der Waals surface area contributed by atoms with Crippen LogP contribution in [-0.4, -0.2) is 10.1 Å². The Balaban J connectivity index is 2.19. The van der Waals surface area contributed by atoms with Gasteiger partial charge in [-0.05, 0) is 12.8 Å². The van der Waals surface area contributed by atoms with Gasteiger partial charge in [0, 0.05) is 5.92 Å². The Labute approximate surface area is 64.0 Å². The molecule has 11 heavy (non-hydrogen) atoms. The highest BCUT2D eigenvalue weighted by atomic mass is 16.5. The molecule has 0 amide bonds. The normalized spacial score (nSPS) is 19.2. The first-order chi connectivity index (χ1) is 5.42. The Bertz CT molecular complexity index is 270. The molecule has 1 heterocycles. The lowest BCUT2D eigenvalue weighted by Gasteiger charge is -1.93. The van der Waals surface area contributed by atoms with Crippen molar-refractivity contribution in [1.82, 2.24) is 10.1 Å². The molecule has 0 aromatic carbocycles. The van der Waals surface area contributed by atoms with Crippen LogP contribution in [0.2, 0.25) is 0 Å². The van der Waals surface area contributed by atoms with Gasteiger partial charge in [0.25, 0.3) is 11.9 Å². The Morgan fingerprint density at radius 2 is 2.55 bits per heavy atom. The zero-order chi connectivity index (χ0) is 7.68. The van der Waals surface area contributed by atoms with Crippen molar-refractivity contribution in [2.75, 3.05) is 0 Å². The monoisotopic (exact) mass is 149 g/mol. The fourth-order valence-electron chi connectivity index (χ4n) is 1.10. The molecule has 1 fully saturated rings. The third kappa shape index (κ3) is 1.09. The van der Waals surface area contributed by atoms with Crippen LogP contribution in [0.5, 0.6) is 0 Å². The Hall–Kier alpha value is -1.37. The van der Waals surface area contributed by atoms with Crippen LogP contribution in [0.25, 0.3) is 4.85 Å². The zero-order valence-corrected chi connectivity index (χ0v) is 5.90.